The molecule has 0 radical (unpaired) electrons. The Labute approximate surface area is 217 Å². The summed E-state index contributed by atoms with van der Waals surface area (Å²) in [5.41, 5.74) is 1.67. The minimum absolute atomic E-state index is 0.0282. The Hall–Kier alpha value is -3.76. The SMILES string of the molecule is CN(C(=O)CCC1(S(=O)(=O)c2ccc3ccccc3c2)N=CC=C1c1ccc(C#N)cc1)C1CCCC1. The van der Waals surface area contributed by atoms with Gasteiger partial charge in [0.05, 0.1) is 16.5 Å². The predicted molar refractivity (Wildman–Crippen MR) is 146 cm³/mol. The normalized spacial score (nSPS) is 19.6. The first kappa shape index (κ1) is 24.9. The fourth-order valence-corrected chi connectivity index (χ4v) is 7.47. The summed E-state index contributed by atoms with van der Waals surface area (Å²) in [4.78, 5) is 18.1. The molecule has 188 valence electrons. The molecule has 1 aliphatic heterocycles. The maximum Gasteiger partial charge on any atom is 0.222 e. The van der Waals surface area contributed by atoms with Crippen LogP contribution in [0.1, 0.15) is 49.7 Å². The highest BCUT2D eigenvalue weighted by molar-refractivity contribution is 7.93. The number of hydrogen-bond donors (Lipinski definition) is 0. The van der Waals surface area contributed by atoms with E-state index in [4.69, 9.17) is 0 Å². The minimum atomic E-state index is -4.05. The van der Waals surface area contributed by atoms with Crippen LogP contribution in [0.4, 0.5) is 0 Å². The van der Waals surface area contributed by atoms with Crippen LogP contribution in [0.15, 0.2) is 82.7 Å². The van der Waals surface area contributed by atoms with Crippen molar-refractivity contribution in [2.24, 2.45) is 4.99 Å². The Bertz CT molecular complexity index is 1540. The number of rotatable bonds is 7. The van der Waals surface area contributed by atoms with Crippen LogP contribution < -0.4 is 0 Å². The summed E-state index contributed by atoms with van der Waals surface area (Å²) < 4.78 is 28.8. The lowest BCUT2D eigenvalue weighted by Crippen LogP contribution is -2.40. The molecule has 0 N–H and O–H groups in total. The van der Waals surface area contributed by atoms with Crippen molar-refractivity contribution in [1.82, 2.24) is 4.90 Å². The van der Waals surface area contributed by atoms with Gasteiger partial charge in [-0.05, 0) is 59.5 Å². The largest absolute Gasteiger partial charge is 0.343 e. The Balaban J connectivity index is 1.56. The van der Waals surface area contributed by atoms with Gasteiger partial charge < -0.3 is 4.90 Å². The highest BCUT2D eigenvalue weighted by Gasteiger charge is 2.50. The molecule has 37 heavy (non-hydrogen) atoms. The number of fused-ring (bicyclic) bond motifs is 1. The number of amides is 1. The zero-order chi connectivity index (χ0) is 26.0. The van der Waals surface area contributed by atoms with Crippen LogP contribution in [0, 0.1) is 11.3 Å². The monoisotopic (exact) mass is 511 g/mol. The molecular formula is C30H29N3O3S. The quantitative estimate of drug-likeness (QED) is 0.417. The lowest BCUT2D eigenvalue weighted by Gasteiger charge is -2.31. The molecule has 6 nitrogen and oxygen atoms in total. The first-order chi connectivity index (χ1) is 17.9. The molecule has 1 amide bonds. The smallest absolute Gasteiger partial charge is 0.222 e. The molecule has 0 bridgehead atoms. The molecule has 3 aromatic rings. The molecule has 3 aromatic carbocycles. The molecule has 0 spiro atoms. The number of sulfone groups is 1. The number of carbonyl (C=O) groups is 1. The van der Waals surface area contributed by atoms with E-state index in [0.717, 1.165) is 36.5 Å². The Kier molecular flexibility index (Phi) is 6.70. The molecule has 1 heterocycles. The Morgan fingerprint density at radius 2 is 1.76 bits per heavy atom. The number of benzene rings is 3. The van der Waals surface area contributed by atoms with Gasteiger partial charge in [0.15, 0.2) is 4.87 Å². The number of aliphatic imine (C=N–C) groups is 1. The Morgan fingerprint density at radius 3 is 2.46 bits per heavy atom. The molecule has 1 aliphatic carbocycles. The van der Waals surface area contributed by atoms with Crippen molar-refractivity contribution in [3.8, 4) is 6.07 Å². The van der Waals surface area contributed by atoms with Crippen LogP contribution in [0.2, 0.25) is 0 Å². The van der Waals surface area contributed by atoms with Gasteiger partial charge >= 0.3 is 0 Å². The van der Waals surface area contributed by atoms with Gasteiger partial charge in [-0.3, -0.25) is 9.79 Å². The fourth-order valence-electron chi connectivity index (χ4n) is 5.50. The number of nitrogens with zero attached hydrogens (tertiary/aromatic N) is 3. The van der Waals surface area contributed by atoms with Gasteiger partial charge in [0, 0.05) is 37.7 Å². The van der Waals surface area contributed by atoms with Gasteiger partial charge in [-0.15, -0.1) is 0 Å². The third kappa shape index (κ3) is 4.47. The molecule has 0 saturated heterocycles. The molecule has 1 unspecified atom stereocenters. The van der Waals surface area contributed by atoms with E-state index >= 15 is 0 Å². The summed E-state index contributed by atoms with van der Waals surface area (Å²) in [7, 11) is -2.23. The highest BCUT2D eigenvalue weighted by Crippen LogP contribution is 2.45. The van der Waals surface area contributed by atoms with Crippen LogP contribution in [-0.4, -0.2) is 43.4 Å². The third-order valence-electron chi connectivity index (χ3n) is 7.69. The maximum absolute atomic E-state index is 14.4. The van der Waals surface area contributed by atoms with Crippen molar-refractivity contribution < 1.29 is 13.2 Å². The maximum atomic E-state index is 14.4. The number of hydrogen-bond acceptors (Lipinski definition) is 5. The van der Waals surface area contributed by atoms with E-state index < -0.39 is 14.7 Å². The molecule has 1 atom stereocenters. The van der Waals surface area contributed by atoms with Gasteiger partial charge in [-0.2, -0.15) is 5.26 Å². The van der Waals surface area contributed by atoms with Crippen LogP contribution in [0.5, 0.6) is 0 Å². The van der Waals surface area contributed by atoms with Crippen LogP contribution in [0.25, 0.3) is 16.3 Å². The van der Waals surface area contributed by atoms with E-state index in [0.29, 0.717) is 16.7 Å². The first-order valence-corrected chi connectivity index (χ1v) is 14.1. The van der Waals surface area contributed by atoms with Crippen LogP contribution in [-0.2, 0) is 14.6 Å². The number of nitriles is 1. The van der Waals surface area contributed by atoms with Crippen molar-refractivity contribution in [3.63, 3.8) is 0 Å². The summed E-state index contributed by atoms with van der Waals surface area (Å²) in [6, 6.07) is 21.9. The fraction of sp³-hybridized carbons (Fsp3) is 0.300. The van der Waals surface area contributed by atoms with Gasteiger partial charge in [0.25, 0.3) is 0 Å². The summed E-state index contributed by atoms with van der Waals surface area (Å²) in [6.45, 7) is 0. The average Bonchev–Trinajstić information content (AvgIpc) is 3.62. The molecule has 2 aliphatic rings. The van der Waals surface area contributed by atoms with E-state index in [9.17, 15) is 18.5 Å². The van der Waals surface area contributed by atoms with Crippen molar-refractivity contribution in [1.29, 1.82) is 5.26 Å². The first-order valence-electron chi connectivity index (χ1n) is 12.6. The topological polar surface area (TPSA) is 90.6 Å². The Morgan fingerprint density at radius 1 is 1.05 bits per heavy atom. The predicted octanol–water partition coefficient (Wildman–Crippen LogP) is 5.53. The summed E-state index contributed by atoms with van der Waals surface area (Å²) in [5, 5.41) is 11.0. The summed E-state index contributed by atoms with van der Waals surface area (Å²) in [6.07, 6.45) is 7.51. The van der Waals surface area contributed by atoms with E-state index in [-0.39, 0.29) is 29.7 Å². The van der Waals surface area contributed by atoms with Crippen molar-refractivity contribution in [2.75, 3.05) is 7.05 Å². The van der Waals surface area contributed by atoms with Crippen molar-refractivity contribution in [3.05, 3.63) is 83.9 Å². The van der Waals surface area contributed by atoms with Gasteiger partial charge in [-0.1, -0.05) is 55.3 Å². The van der Waals surface area contributed by atoms with Gasteiger partial charge in [0.1, 0.15) is 0 Å². The lowest BCUT2D eigenvalue weighted by molar-refractivity contribution is -0.132. The number of allylic oxidation sites excluding steroid dienone is 1. The summed E-state index contributed by atoms with van der Waals surface area (Å²) >= 11 is 0. The molecule has 0 aromatic heterocycles. The highest BCUT2D eigenvalue weighted by atomic mass is 32.2. The van der Waals surface area contributed by atoms with E-state index in [1.807, 2.05) is 31.3 Å². The van der Waals surface area contributed by atoms with E-state index in [2.05, 4.69) is 11.1 Å². The molecule has 1 fully saturated rings. The summed E-state index contributed by atoms with van der Waals surface area (Å²) in [5.74, 6) is -0.0683. The minimum Gasteiger partial charge on any atom is -0.343 e. The number of carbonyl (C=O) groups excluding carboxylic acids is 1. The van der Waals surface area contributed by atoms with Crippen LogP contribution in [0.3, 0.4) is 0 Å². The molecule has 5 rings (SSSR count). The zero-order valence-electron chi connectivity index (χ0n) is 20.8. The van der Waals surface area contributed by atoms with E-state index in [1.165, 1.54) is 6.21 Å². The second-order valence-electron chi connectivity index (χ2n) is 9.79. The lowest BCUT2D eigenvalue weighted by atomic mass is 9.95. The second-order valence-corrected chi connectivity index (χ2v) is 11.9. The van der Waals surface area contributed by atoms with Crippen molar-refractivity contribution in [2.45, 2.75) is 54.3 Å². The zero-order valence-corrected chi connectivity index (χ0v) is 21.6. The molecule has 1 saturated carbocycles. The van der Waals surface area contributed by atoms with E-state index in [1.54, 1.807) is 53.4 Å². The average molecular weight is 512 g/mol. The van der Waals surface area contributed by atoms with Crippen LogP contribution >= 0.6 is 0 Å². The molecule has 7 heteroatoms. The molecular weight excluding hydrogens is 482 g/mol. The van der Waals surface area contributed by atoms with Gasteiger partial charge in [0.2, 0.25) is 15.7 Å². The van der Waals surface area contributed by atoms with Crippen molar-refractivity contribution >= 4 is 38.3 Å². The van der Waals surface area contributed by atoms with Gasteiger partial charge in [-0.25, -0.2) is 8.42 Å². The third-order valence-corrected chi connectivity index (χ3v) is 9.98. The second kappa shape index (κ2) is 9.95. The standard InChI is InChI=1S/C30H29N3O3S/c1-33(26-8-4-5-9-26)29(34)16-18-30(28(17-19-32-30)24-12-10-22(21-31)11-13-24)37(35,36)27-15-14-23-6-2-3-7-25(23)20-27/h2-3,6-7,10-15,17,19-20,26H,4-5,8-9,16,18H2,1H3.